The molecule has 0 bridgehead atoms. The first kappa shape index (κ1) is 16.6. The molecule has 0 N–H and O–H groups in total. The molecule has 1 heteroatoms. The second-order valence-corrected chi connectivity index (χ2v) is 8.92. The molecule has 0 amide bonds. The van der Waals surface area contributed by atoms with Crippen molar-refractivity contribution in [1.29, 1.82) is 0 Å². The van der Waals surface area contributed by atoms with Crippen LogP contribution in [0.5, 0.6) is 0 Å². The van der Waals surface area contributed by atoms with Crippen molar-refractivity contribution in [2.24, 2.45) is 0 Å². The fourth-order valence-electron chi connectivity index (χ4n) is 6.13. The van der Waals surface area contributed by atoms with Crippen LogP contribution in [0.2, 0.25) is 0 Å². The molecule has 5 aromatic carbocycles. The lowest BCUT2D eigenvalue weighted by Crippen LogP contribution is -1.97. The summed E-state index contributed by atoms with van der Waals surface area (Å²) >= 11 is 0. The Morgan fingerprint density at radius 1 is 0.500 bits per heavy atom. The Balaban J connectivity index is 1.48. The summed E-state index contributed by atoms with van der Waals surface area (Å²) in [5.41, 5.74) is 12.4. The summed E-state index contributed by atoms with van der Waals surface area (Å²) in [5.74, 6) is 0. The van der Waals surface area contributed by atoms with E-state index in [4.69, 9.17) is 0 Å². The average molecular weight is 406 g/mol. The van der Waals surface area contributed by atoms with Crippen LogP contribution < -0.4 is 0 Å². The third-order valence-corrected chi connectivity index (χ3v) is 7.39. The SMILES string of the molecule is c1ccc2c(c1)CC1=C2c2cccc3c(-n4c5ccccc5c5ccccc54)ccc1c23. The van der Waals surface area contributed by atoms with E-state index in [-0.39, 0.29) is 0 Å². The molecule has 1 nitrogen and oxygen atoms in total. The van der Waals surface area contributed by atoms with E-state index in [0.717, 1.165) is 6.42 Å². The molecule has 0 unspecified atom stereocenters. The topological polar surface area (TPSA) is 4.93 Å². The molecule has 8 rings (SSSR count). The van der Waals surface area contributed by atoms with Crippen LogP contribution in [0.15, 0.2) is 103 Å². The second-order valence-electron chi connectivity index (χ2n) is 8.92. The highest BCUT2D eigenvalue weighted by atomic mass is 15.0. The first-order valence-electron chi connectivity index (χ1n) is 11.3. The molecule has 0 radical (unpaired) electrons. The van der Waals surface area contributed by atoms with Gasteiger partial charge in [0.05, 0.1) is 16.7 Å². The maximum atomic E-state index is 2.45. The van der Waals surface area contributed by atoms with E-state index in [1.807, 2.05) is 0 Å². The molecule has 2 aliphatic carbocycles. The molecular weight excluding hydrogens is 386 g/mol. The van der Waals surface area contributed by atoms with E-state index >= 15 is 0 Å². The monoisotopic (exact) mass is 405 g/mol. The minimum absolute atomic E-state index is 1.03. The molecule has 0 atom stereocenters. The Hall–Kier alpha value is -4.10. The standard InChI is InChI=1S/C31H19N/c1-2-9-20-19(8-1)18-26-23-16-17-29(24-12-7-13-25(30(20)26)31(23)24)32-27-14-5-3-10-21(27)22-11-4-6-15-28(22)32/h1-17H,18H2. The van der Waals surface area contributed by atoms with Crippen LogP contribution in [0.25, 0.3) is 49.4 Å². The quantitative estimate of drug-likeness (QED) is 0.263. The van der Waals surface area contributed by atoms with Crippen LogP contribution in [0.1, 0.15) is 22.3 Å². The van der Waals surface area contributed by atoms with Gasteiger partial charge in [-0.15, -0.1) is 0 Å². The molecule has 6 aromatic rings. The van der Waals surface area contributed by atoms with Gasteiger partial charge in [0.1, 0.15) is 0 Å². The van der Waals surface area contributed by atoms with Crippen molar-refractivity contribution in [3.05, 3.63) is 125 Å². The zero-order valence-corrected chi connectivity index (χ0v) is 17.5. The van der Waals surface area contributed by atoms with Gasteiger partial charge in [-0.05, 0) is 63.4 Å². The summed E-state index contributed by atoms with van der Waals surface area (Å²) in [6, 6.07) is 38.0. The van der Waals surface area contributed by atoms with Gasteiger partial charge < -0.3 is 4.57 Å². The minimum atomic E-state index is 1.03. The zero-order valence-electron chi connectivity index (χ0n) is 17.5. The summed E-state index contributed by atoms with van der Waals surface area (Å²) < 4.78 is 2.45. The number of hydrogen-bond donors (Lipinski definition) is 0. The molecule has 148 valence electrons. The first-order chi connectivity index (χ1) is 15.9. The minimum Gasteiger partial charge on any atom is -0.309 e. The van der Waals surface area contributed by atoms with E-state index in [2.05, 4.69) is 108 Å². The number of fused-ring (bicyclic) bond motifs is 7. The van der Waals surface area contributed by atoms with Gasteiger partial charge in [-0.2, -0.15) is 0 Å². The number of rotatable bonds is 1. The highest BCUT2D eigenvalue weighted by Gasteiger charge is 2.31. The molecule has 32 heavy (non-hydrogen) atoms. The lowest BCUT2D eigenvalue weighted by Gasteiger charge is -2.15. The van der Waals surface area contributed by atoms with E-state index < -0.39 is 0 Å². The smallest absolute Gasteiger partial charge is 0.0541 e. The van der Waals surface area contributed by atoms with Crippen LogP contribution in [0.4, 0.5) is 0 Å². The van der Waals surface area contributed by atoms with Crippen LogP contribution in [0.3, 0.4) is 0 Å². The van der Waals surface area contributed by atoms with Gasteiger partial charge in [-0.25, -0.2) is 0 Å². The Morgan fingerprint density at radius 2 is 1.16 bits per heavy atom. The fraction of sp³-hybridized carbons (Fsp3) is 0.0323. The molecule has 0 saturated heterocycles. The largest absolute Gasteiger partial charge is 0.309 e. The van der Waals surface area contributed by atoms with Crippen molar-refractivity contribution in [3.63, 3.8) is 0 Å². The van der Waals surface area contributed by atoms with Crippen LogP contribution >= 0.6 is 0 Å². The molecular formula is C31H19N. The van der Waals surface area contributed by atoms with Gasteiger partial charge in [0, 0.05) is 16.2 Å². The van der Waals surface area contributed by atoms with Crippen molar-refractivity contribution >= 4 is 43.7 Å². The summed E-state index contributed by atoms with van der Waals surface area (Å²) in [6.07, 6.45) is 1.03. The summed E-state index contributed by atoms with van der Waals surface area (Å²) in [4.78, 5) is 0. The lowest BCUT2D eigenvalue weighted by molar-refractivity contribution is 1.20. The molecule has 1 aromatic heterocycles. The van der Waals surface area contributed by atoms with E-state index in [1.54, 1.807) is 0 Å². The van der Waals surface area contributed by atoms with Gasteiger partial charge in [0.25, 0.3) is 0 Å². The summed E-state index contributed by atoms with van der Waals surface area (Å²) in [5, 5.41) is 5.35. The molecule has 0 fully saturated rings. The Kier molecular flexibility index (Phi) is 2.99. The molecule has 0 spiro atoms. The predicted molar refractivity (Wildman–Crippen MR) is 134 cm³/mol. The van der Waals surface area contributed by atoms with Gasteiger partial charge in [0.15, 0.2) is 0 Å². The summed E-state index contributed by atoms with van der Waals surface area (Å²) in [7, 11) is 0. The van der Waals surface area contributed by atoms with Gasteiger partial charge in [0.2, 0.25) is 0 Å². The van der Waals surface area contributed by atoms with E-state index in [9.17, 15) is 0 Å². The second kappa shape index (κ2) is 5.77. The van der Waals surface area contributed by atoms with Crippen LogP contribution in [-0.4, -0.2) is 4.57 Å². The Bertz CT molecular complexity index is 1740. The summed E-state index contributed by atoms with van der Waals surface area (Å²) in [6.45, 7) is 0. The van der Waals surface area contributed by atoms with E-state index in [0.29, 0.717) is 0 Å². The lowest BCUT2D eigenvalue weighted by atomic mass is 9.95. The molecule has 2 aliphatic rings. The predicted octanol–water partition coefficient (Wildman–Crippen LogP) is 7.77. The van der Waals surface area contributed by atoms with Crippen molar-refractivity contribution in [2.45, 2.75) is 6.42 Å². The van der Waals surface area contributed by atoms with Gasteiger partial charge in [-0.1, -0.05) is 84.9 Å². The maximum Gasteiger partial charge on any atom is 0.0541 e. The highest BCUT2D eigenvalue weighted by molar-refractivity contribution is 6.21. The number of nitrogens with zero attached hydrogens (tertiary/aromatic N) is 1. The number of aromatic nitrogens is 1. The fourth-order valence-corrected chi connectivity index (χ4v) is 6.13. The molecule has 1 heterocycles. The van der Waals surface area contributed by atoms with Gasteiger partial charge >= 0.3 is 0 Å². The normalized spacial score (nSPS) is 14.0. The van der Waals surface area contributed by atoms with Crippen molar-refractivity contribution in [1.82, 2.24) is 4.57 Å². The van der Waals surface area contributed by atoms with Crippen molar-refractivity contribution in [2.75, 3.05) is 0 Å². The first-order valence-corrected chi connectivity index (χ1v) is 11.3. The zero-order chi connectivity index (χ0) is 20.8. The number of hydrogen-bond acceptors (Lipinski definition) is 0. The Morgan fingerprint density at radius 3 is 1.97 bits per heavy atom. The van der Waals surface area contributed by atoms with Crippen LogP contribution in [-0.2, 0) is 6.42 Å². The number of allylic oxidation sites excluding steroid dienone is 1. The van der Waals surface area contributed by atoms with Gasteiger partial charge in [-0.3, -0.25) is 0 Å². The third kappa shape index (κ3) is 1.90. The highest BCUT2D eigenvalue weighted by Crippen LogP contribution is 2.52. The average Bonchev–Trinajstić information content (AvgIpc) is 3.49. The number of para-hydroxylation sites is 2. The van der Waals surface area contributed by atoms with Crippen molar-refractivity contribution < 1.29 is 0 Å². The Labute approximate surface area is 185 Å². The molecule has 0 saturated carbocycles. The number of benzene rings is 5. The van der Waals surface area contributed by atoms with Crippen LogP contribution in [0, 0.1) is 0 Å². The van der Waals surface area contributed by atoms with E-state index in [1.165, 1.54) is 71.7 Å². The third-order valence-electron chi connectivity index (χ3n) is 7.39. The molecule has 0 aliphatic heterocycles. The maximum absolute atomic E-state index is 2.45. The van der Waals surface area contributed by atoms with Crippen molar-refractivity contribution in [3.8, 4) is 5.69 Å².